The zero-order valence-electron chi connectivity index (χ0n) is 8.62. The Hall–Kier alpha value is -0.770. The van der Waals surface area contributed by atoms with Crippen LogP contribution in [0.15, 0.2) is 0 Å². The second-order valence-corrected chi connectivity index (χ2v) is 2.88. The molecule has 1 atom stereocenters. The van der Waals surface area contributed by atoms with Crippen LogP contribution in [-0.4, -0.2) is 41.9 Å². The average Bonchev–Trinajstić information content (AvgIpc) is 2.15. The molecule has 0 spiro atoms. The topological polar surface area (TPSA) is 49.8 Å². The summed E-state index contributed by atoms with van der Waals surface area (Å²) in [6, 6.07) is 0.191. The lowest BCUT2D eigenvalue weighted by Crippen LogP contribution is -2.38. The Morgan fingerprint density at radius 3 is 2.54 bits per heavy atom. The Morgan fingerprint density at radius 1 is 1.54 bits per heavy atom. The van der Waals surface area contributed by atoms with Crippen LogP contribution in [0.1, 0.15) is 27.2 Å². The van der Waals surface area contributed by atoms with Gasteiger partial charge in [-0.1, -0.05) is 6.92 Å². The largest absolute Gasteiger partial charge is 0.447 e. The van der Waals surface area contributed by atoms with E-state index >= 15 is 0 Å². The van der Waals surface area contributed by atoms with E-state index in [1.54, 1.807) is 4.90 Å². The summed E-state index contributed by atoms with van der Waals surface area (Å²) in [6.07, 6.45) is 0.563. The Kier molecular flexibility index (Phi) is 6.32. The summed E-state index contributed by atoms with van der Waals surface area (Å²) in [7, 11) is 0. The van der Waals surface area contributed by atoms with Gasteiger partial charge >= 0.3 is 6.09 Å². The first kappa shape index (κ1) is 12.2. The molecule has 0 rings (SSSR count). The lowest BCUT2D eigenvalue weighted by atomic mass is 10.2. The van der Waals surface area contributed by atoms with E-state index in [-0.39, 0.29) is 25.3 Å². The predicted molar refractivity (Wildman–Crippen MR) is 50.6 cm³/mol. The standard InChI is InChI=1S/C9H19NO3/c1-4-8(3)10(5-2)9(12)13-7-6-11/h8,11H,4-7H2,1-3H3. The summed E-state index contributed by atoms with van der Waals surface area (Å²) in [4.78, 5) is 13.0. The summed E-state index contributed by atoms with van der Waals surface area (Å²) < 4.78 is 4.80. The van der Waals surface area contributed by atoms with Gasteiger partial charge in [-0.15, -0.1) is 0 Å². The van der Waals surface area contributed by atoms with Gasteiger partial charge in [-0.3, -0.25) is 0 Å². The Bertz CT molecular complexity index is 150. The van der Waals surface area contributed by atoms with E-state index in [9.17, 15) is 4.79 Å². The molecule has 0 fully saturated rings. The monoisotopic (exact) mass is 189 g/mol. The molecule has 13 heavy (non-hydrogen) atoms. The minimum atomic E-state index is -0.342. The van der Waals surface area contributed by atoms with Gasteiger partial charge < -0.3 is 14.7 Å². The number of hydrogen-bond acceptors (Lipinski definition) is 3. The third-order valence-electron chi connectivity index (χ3n) is 2.01. The van der Waals surface area contributed by atoms with Crippen molar-refractivity contribution in [2.24, 2.45) is 0 Å². The fourth-order valence-corrected chi connectivity index (χ4v) is 1.06. The number of ether oxygens (including phenoxy) is 1. The van der Waals surface area contributed by atoms with Crippen molar-refractivity contribution in [2.45, 2.75) is 33.2 Å². The van der Waals surface area contributed by atoms with E-state index in [1.165, 1.54) is 0 Å². The molecule has 0 bridgehead atoms. The molecule has 0 aliphatic rings. The van der Waals surface area contributed by atoms with Crippen molar-refractivity contribution in [1.82, 2.24) is 4.90 Å². The first-order chi connectivity index (χ1) is 6.17. The van der Waals surface area contributed by atoms with Crippen molar-refractivity contribution in [3.63, 3.8) is 0 Å². The minimum absolute atomic E-state index is 0.0752. The molecule has 0 saturated heterocycles. The highest BCUT2D eigenvalue weighted by molar-refractivity contribution is 5.67. The van der Waals surface area contributed by atoms with Crippen molar-refractivity contribution in [1.29, 1.82) is 0 Å². The molecule has 1 amide bonds. The third-order valence-corrected chi connectivity index (χ3v) is 2.01. The highest BCUT2D eigenvalue weighted by Gasteiger charge is 2.17. The molecule has 0 aliphatic carbocycles. The summed E-state index contributed by atoms with van der Waals surface area (Å²) >= 11 is 0. The Labute approximate surface area is 79.5 Å². The van der Waals surface area contributed by atoms with Gasteiger partial charge in [0.2, 0.25) is 0 Å². The molecule has 0 radical (unpaired) electrons. The van der Waals surface area contributed by atoms with Gasteiger partial charge in [-0.2, -0.15) is 0 Å². The van der Waals surface area contributed by atoms with Crippen LogP contribution in [-0.2, 0) is 4.74 Å². The van der Waals surface area contributed by atoms with Crippen LogP contribution in [0, 0.1) is 0 Å². The fraction of sp³-hybridized carbons (Fsp3) is 0.889. The van der Waals surface area contributed by atoms with Crippen molar-refractivity contribution in [3.8, 4) is 0 Å². The Morgan fingerprint density at radius 2 is 2.15 bits per heavy atom. The first-order valence-corrected chi connectivity index (χ1v) is 4.71. The van der Waals surface area contributed by atoms with E-state index in [4.69, 9.17) is 9.84 Å². The van der Waals surface area contributed by atoms with E-state index in [1.807, 2.05) is 20.8 Å². The van der Waals surface area contributed by atoms with Gasteiger partial charge in [0.25, 0.3) is 0 Å². The normalized spacial score (nSPS) is 12.3. The van der Waals surface area contributed by atoms with Crippen molar-refractivity contribution >= 4 is 6.09 Å². The second kappa shape index (κ2) is 6.71. The molecule has 0 aromatic carbocycles. The smallest absolute Gasteiger partial charge is 0.410 e. The highest BCUT2D eigenvalue weighted by Crippen LogP contribution is 2.04. The second-order valence-electron chi connectivity index (χ2n) is 2.88. The molecule has 0 heterocycles. The van der Waals surface area contributed by atoms with E-state index in [2.05, 4.69) is 0 Å². The predicted octanol–water partition coefficient (Wildman–Crippen LogP) is 1.24. The average molecular weight is 189 g/mol. The minimum Gasteiger partial charge on any atom is -0.447 e. The van der Waals surface area contributed by atoms with Crippen molar-refractivity contribution in [3.05, 3.63) is 0 Å². The van der Waals surface area contributed by atoms with E-state index in [0.717, 1.165) is 6.42 Å². The van der Waals surface area contributed by atoms with Crippen LogP contribution in [0.5, 0.6) is 0 Å². The number of amides is 1. The van der Waals surface area contributed by atoms with Gasteiger partial charge in [0.15, 0.2) is 0 Å². The number of rotatable bonds is 5. The molecule has 4 heteroatoms. The number of aliphatic hydroxyl groups is 1. The number of carbonyl (C=O) groups is 1. The lowest BCUT2D eigenvalue weighted by molar-refractivity contribution is 0.0746. The van der Waals surface area contributed by atoms with Crippen molar-refractivity contribution < 1.29 is 14.6 Å². The number of hydrogen-bond donors (Lipinski definition) is 1. The van der Waals surface area contributed by atoms with Gasteiger partial charge in [-0.05, 0) is 20.3 Å². The van der Waals surface area contributed by atoms with E-state index < -0.39 is 0 Å². The van der Waals surface area contributed by atoms with Gasteiger partial charge in [0.05, 0.1) is 6.61 Å². The maximum atomic E-state index is 11.3. The maximum absolute atomic E-state index is 11.3. The van der Waals surface area contributed by atoms with Crippen LogP contribution in [0.25, 0.3) is 0 Å². The molecule has 1 N–H and O–H groups in total. The van der Waals surface area contributed by atoms with Crippen LogP contribution in [0.4, 0.5) is 4.79 Å². The van der Waals surface area contributed by atoms with Crippen molar-refractivity contribution in [2.75, 3.05) is 19.8 Å². The summed E-state index contributed by atoms with van der Waals surface area (Å²) in [5.41, 5.74) is 0. The molecular weight excluding hydrogens is 170 g/mol. The summed E-state index contributed by atoms with van der Waals surface area (Å²) in [6.45, 7) is 6.50. The van der Waals surface area contributed by atoms with Crippen LogP contribution >= 0.6 is 0 Å². The number of carbonyl (C=O) groups excluding carboxylic acids is 1. The fourth-order valence-electron chi connectivity index (χ4n) is 1.06. The highest BCUT2D eigenvalue weighted by atomic mass is 16.6. The maximum Gasteiger partial charge on any atom is 0.410 e. The zero-order chi connectivity index (χ0) is 10.3. The van der Waals surface area contributed by atoms with Crippen LogP contribution in [0.2, 0.25) is 0 Å². The summed E-state index contributed by atoms with van der Waals surface area (Å²) in [5.74, 6) is 0. The molecule has 0 saturated carbocycles. The summed E-state index contributed by atoms with van der Waals surface area (Å²) in [5, 5.41) is 8.47. The van der Waals surface area contributed by atoms with E-state index in [0.29, 0.717) is 6.54 Å². The number of aliphatic hydroxyl groups excluding tert-OH is 1. The van der Waals surface area contributed by atoms with Gasteiger partial charge in [-0.25, -0.2) is 4.79 Å². The molecule has 0 aliphatic heterocycles. The van der Waals surface area contributed by atoms with Crippen LogP contribution in [0.3, 0.4) is 0 Å². The van der Waals surface area contributed by atoms with Gasteiger partial charge in [0.1, 0.15) is 6.61 Å². The molecular formula is C9H19NO3. The van der Waals surface area contributed by atoms with Crippen LogP contribution < -0.4 is 0 Å². The quantitative estimate of drug-likeness (QED) is 0.707. The molecule has 78 valence electrons. The third kappa shape index (κ3) is 4.12. The molecule has 1 unspecified atom stereocenters. The number of nitrogens with zero attached hydrogens (tertiary/aromatic N) is 1. The first-order valence-electron chi connectivity index (χ1n) is 4.71. The zero-order valence-corrected chi connectivity index (χ0v) is 8.62. The molecule has 4 nitrogen and oxygen atoms in total. The lowest BCUT2D eigenvalue weighted by Gasteiger charge is -2.26. The molecule has 0 aromatic heterocycles. The SMILES string of the molecule is CCC(C)N(CC)C(=O)OCCO. The van der Waals surface area contributed by atoms with Gasteiger partial charge in [0, 0.05) is 12.6 Å². The Balaban J connectivity index is 3.99. The molecule has 0 aromatic rings.